The summed E-state index contributed by atoms with van der Waals surface area (Å²) < 4.78 is 23.9. The first kappa shape index (κ1) is 17.2. The van der Waals surface area contributed by atoms with Gasteiger partial charge in [0.15, 0.2) is 6.61 Å². The summed E-state index contributed by atoms with van der Waals surface area (Å²) in [5, 5.41) is 6.16. The molecule has 7 heteroatoms. The van der Waals surface area contributed by atoms with Crippen molar-refractivity contribution in [2.75, 3.05) is 6.54 Å². The predicted molar refractivity (Wildman–Crippen MR) is 96.5 cm³/mol. The third-order valence-corrected chi connectivity index (χ3v) is 5.62. The highest BCUT2D eigenvalue weighted by atomic mass is 32.1. The third-order valence-electron chi connectivity index (χ3n) is 4.62. The maximum absolute atomic E-state index is 12.9. The number of thiophene rings is 1. The van der Waals surface area contributed by atoms with Gasteiger partial charge in [-0.15, -0.1) is 11.3 Å². The van der Waals surface area contributed by atoms with E-state index >= 15 is 0 Å². The van der Waals surface area contributed by atoms with E-state index in [0.717, 1.165) is 19.4 Å². The Bertz CT molecular complexity index is 862. The number of hydrogen-bond donors (Lipinski definition) is 0. The molecular formula is C19H20FN3O2S. The molecule has 0 aliphatic carbocycles. The van der Waals surface area contributed by atoms with E-state index in [0.29, 0.717) is 30.1 Å². The Morgan fingerprint density at radius 2 is 2.15 bits per heavy atom. The number of fused-ring (bicyclic) bond motifs is 1. The highest BCUT2D eigenvalue weighted by Gasteiger charge is 2.28. The first-order valence-electron chi connectivity index (χ1n) is 8.73. The van der Waals surface area contributed by atoms with Crippen molar-refractivity contribution in [2.45, 2.75) is 39.0 Å². The van der Waals surface area contributed by atoms with E-state index in [4.69, 9.17) is 9.26 Å². The fraction of sp³-hybridized carbons (Fsp3) is 0.368. The molecule has 1 aliphatic heterocycles. The average Bonchev–Trinajstić information content (AvgIpc) is 3.30. The van der Waals surface area contributed by atoms with Gasteiger partial charge in [0.1, 0.15) is 11.6 Å². The molecule has 3 aromatic rings. The van der Waals surface area contributed by atoms with Crippen LogP contribution in [0.25, 0.3) is 0 Å². The summed E-state index contributed by atoms with van der Waals surface area (Å²) in [6, 6.07) is 8.50. The van der Waals surface area contributed by atoms with Gasteiger partial charge in [0.05, 0.1) is 6.54 Å². The van der Waals surface area contributed by atoms with E-state index in [9.17, 15) is 4.39 Å². The van der Waals surface area contributed by atoms with Crippen LogP contribution < -0.4 is 4.74 Å². The molecule has 0 amide bonds. The van der Waals surface area contributed by atoms with Gasteiger partial charge in [-0.3, -0.25) is 4.90 Å². The molecule has 1 atom stereocenters. The van der Waals surface area contributed by atoms with Gasteiger partial charge >= 0.3 is 0 Å². The molecule has 0 spiro atoms. The molecule has 2 aromatic heterocycles. The molecule has 136 valence electrons. The molecular weight excluding hydrogens is 353 g/mol. The average molecular weight is 373 g/mol. The van der Waals surface area contributed by atoms with Crippen molar-refractivity contribution in [3.8, 4) is 5.75 Å². The van der Waals surface area contributed by atoms with E-state index < -0.39 is 0 Å². The fourth-order valence-corrected chi connectivity index (χ4v) is 4.31. The van der Waals surface area contributed by atoms with Crippen LogP contribution in [-0.2, 0) is 19.6 Å². The number of hydrogen-bond acceptors (Lipinski definition) is 6. The number of rotatable bonds is 6. The zero-order chi connectivity index (χ0) is 17.9. The monoisotopic (exact) mass is 373 g/mol. The van der Waals surface area contributed by atoms with Crippen molar-refractivity contribution in [3.63, 3.8) is 0 Å². The van der Waals surface area contributed by atoms with Gasteiger partial charge in [-0.05, 0) is 54.1 Å². The zero-order valence-electron chi connectivity index (χ0n) is 14.5. The van der Waals surface area contributed by atoms with Crippen LogP contribution >= 0.6 is 11.3 Å². The van der Waals surface area contributed by atoms with E-state index in [1.165, 1.54) is 22.6 Å². The lowest BCUT2D eigenvalue weighted by molar-refractivity contribution is 0.151. The van der Waals surface area contributed by atoms with Crippen molar-refractivity contribution in [3.05, 3.63) is 63.7 Å². The molecule has 1 aliphatic rings. The molecule has 3 heterocycles. The first-order valence-corrected chi connectivity index (χ1v) is 9.61. The Labute approximate surface area is 155 Å². The minimum absolute atomic E-state index is 0.195. The summed E-state index contributed by atoms with van der Waals surface area (Å²) in [4.78, 5) is 8.32. The van der Waals surface area contributed by atoms with Crippen LogP contribution in [0.3, 0.4) is 0 Å². The van der Waals surface area contributed by atoms with Gasteiger partial charge in [0.25, 0.3) is 0 Å². The SMILES string of the molecule is CCC1c2ccsc2CCN1Cc1nc(COc2ccc(F)cc2)no1. The van der Waals surface area contributed by atoms with Crippen LogP contribution in [0, 0.1) is 5.82 Å². The fourth-order valence-electron chi connectivity index (χ4n) is 3.38. The summed E-state index contributed by atoms with van der Waals surface area (Å²) in [5.74, 6) is 1.37. The van der Waals surface area contributed by atoms with Crippen LogP contribution in [0.5, 0.6) is 5.75 Å². The standard InChI is InChI=1S/C19H20FN3O2S/c1-2-16-15-8-10-26-17(15)7-9-23(16)11-19-21-18(22-25-19)12-24-14-5-3-13(20)4-6-14/h3-6,8,10,16H,2,7,9,11-12H2,1H3. The predicted octanol–water partition coefficient (Wildman–Crippen LogP) is 4.36. The Hall–Kier alpha value is -2.25. The second-order valence-electron chi connectivity index (χ2n) is 6.29. The molecule has 4 rings (SSSR count). The van der Waals surface area contributed by atoms with Gasteiger partial charge < -0.3 is 9.26 Å². The number of aromatic nitrogens is 2. The highest BCUT2D eigenvalue weighted by Crippen LogP contribution is 2.35. The van der Waals surface area contributed by atoms with Crippen molar-refractivity contribution < 1.29 is 13.7 Å². The summed E-state index contributed by atoms with van der Waals surface area (Å²) in [6.45, 7) is 4.04. The summed E-state index contributed by atoms with van der Waals surface area (Å²) >= 11 is 1.84. The normalized spacial score (nSPS) is 17.2. The van der Waals surface area contributed by atoms with Crippen molar-refractivity contribution >= 4 is 11.3 Å². The van der Waals surface area contributed by atoms with Gasteiger partial charge in [-0.2, -0.15) is 4.98 Å². The van der Waals surface area contributed by atoms with Crippen molar-refractivity contribution in [1.29, 1.82) is 0 Å². The van der Waals surface area contributed by atoms with Gasteiger partial charge in [0.2, 0.25) is 11.7 Å². The lowest BCUT2D eigenvalue weighted by Crippen LogP contribution is -2.34. The van der Waals surface area contributed by atoms with E-state index in [1.54, 1.807) is 12.1 Å². The second kappa shape index (κ2) is 7.55. The second-order valence-corrected chi connectivity index (χ2v) is 7.29. The lowest BCUT2D eigenvalue weighted by Gasteiger charge is -2.34. The van der Waals surface area contributed by atoms with Crippen molar-refractivity contribution in [2.24, 2.45) is 0 Å². The smallest absolute Gasteiger partial charge is 0.240 e. The maximum Gasteiger partial charge on any atom is 0.240 e. The van der Waals surface area contributed by atoms with Crippen molar-refractivity contribution in [1.82, 2.24) is 15.0 Å². The minimum atomic E-state index is -0.292. The third kappa shape index (κ3) is 3.64. The number of nitrogens with zero attached hydrogens (tertiary/aromatic N) is 3. The number of benzene rings is 1. The lowest BCUT2D eigenvalue weighted by atomic mass is 9.98. The molecule has 0 saturated carbocycles. The van der Waals surface area contributed by atoms with E-state index in [1.807, 2.05) is 11.3 Å². The molecule has 5 nitrogen and oxygen atoms in total. The van der Waals surface area contributed by atoms with E-state index in [2.05, 4.69) is 33.4 Å². The summed E-state index contributed by atoms with van der Waals surface area (Å²) in [6.07, 6.45) is 2.12. The topological polar surface area (TPSA) is 51.4 Å². The van der Waals surface area contributed by atoms with Crippen LogP contribution in [0.2, 0.25) is 0 Å². The number of ether oxygens (including phenoxy) is 1. The Morgan fingerprint density at radius 1 is 1.31 bits per heavy atom. The molecule has 0 radical (unpaired) electrons. The zero-order valence-corrected chi connectivity index (χ0v) is 15.3. The maximum atomic E-state index is 12.9. The first-order chi connectivity index (χ1) is 12.7. The quantitative estimate of drug-likeness (QED) is 0.643. The van der Waals surface area contributed by atoms with Gasteiger partial charge in [-0.1, -0.05) is 12.1 Å². The molecule has 1 unspecified atom stereocenters. The molecule has 1 aromatic carbocycles. The van der Waals surface area contributed by atoms with Gasteiger partial charge in [0, 0.05) is 17.5 Å². The number of halogens is 1. The Morgan fingerprint density at radius 3 is 2.96 bits per heavy atom. The minimum Gasteiger partial charge on any atom is -0.485 e. The Kier molecular flexibility index (Phi) is 4.99. The largest absolute Gasteiger partial charge is 0.485 e. The molecule has 0 N–H and O–H groups in total. The van der Waals surface area contributed by atoms with E-state index in [-0.39, 0.29) is 12.4 Å². The van der Waals surface area contributed by atoms with Crippen LogP contribution in [0.15, 0.2) is 40.2 Å². The summed E-state index contributed by atoms with van der Waals surface area (Å²) in [7, 11) is 0. The van der Waals surface area contributed by atoms with Gasteiger partial charge in [-0.25, -0.2) is 4.39 Å². The molecule has 26 heavy (non-hydrogen) atoms. The molecule has 0 bridgehead atoms. The van der Waals surface area contributed by atoms with Crippen LogP contribution in [0.4, 0.5) is 4.39 Å². The Balaban J connectivity index is 1.38. The highest BCUT2D eigenvalue weighted by molar-refractivity contribution is 7.10. The summed E-state index contributed by atoms with van der Waals surface area (Å²) in [5.41, 5.74) is 1.43. The molecule has 0 fully saturated rings. The molecule has 0 saturated heterocycles. The van der Waals surface area contributed by atoms with Crippen LogP contribution in [-0.4, -0.2) is 21.6 Å². The van der Waals surface area contributed by atoms with Crippen LogP contribution in [0.1, 0.15) is 41.5 Å².